The van der Waals surface area contributed by atoms with Gasteiger partial charge in [0, 0.05) is 30.3 Å². The molecule has 0 aliphatic heterocycles. The number of sulfone groups is 1. The Kier molecular flexibility index (Phi) is 6.33. The quantitative estimate of drug-likeness (QED) is 0.333. The summed E-state index contributed by atoms with van der Waals surface area (Å²) in [5.74, 6) is 0.754. The Bertz CT molecular complexity index is 1440. The highest BCUT2D eigenvalue weighted by Crippen LogP contribution is 2.44. The monoisotopic (exact) mass is 544 g/mol. The maximum atomic E-state index is 11.9. The molecule has 3 fully saturated rings. The zero-order chi connectivity index (χ0) is 25.9. The SMILES string of the molecule is Cc1nc(NC2CCC2)nc(N[C@@H]2C[C@H](CS(C)(=O)=O)[C@@H](O)[C@H]2O)c1-c1nc2c(C3CC3)nccc2s1. The molecule has 0 aromatic carbocycles. The number of fused-ring (bicyclic) bond motifs is 1. The number of aromatic nitrogens is 4. The predicted molar refractivity (Wildman–Crippen MR) is 144 cm³/mol. The van der Waals surface area contributed by atoms with Crippen molar-refractivity contribution in [3.63, 3.8) is 0 Å². The Labute approximate surface area is 219 Å². The molecule has 198 valence electrons. The third kappa shape index (κ3) is 5.04. The summed E-state index contributed by atoms with van der Waals surface area (Å²) in [6, 6.07) is 1.75. The fourth-order valence-corrected chi connectivity index (χ4v) is 7.55. The second-order valence-electron chi connectivity index (χ2n) is 10.8. The van der Waals surface area contributed by atoms with E-state index in [-0.39, 0.29) is 5.75 Å². The predicted octanol–water partition coefficient (Wildman–Crippen LogP) is 2.87. The molecule has 3 aliphatic rings. The van der Waals surface area contributed by atoms with Gasteiger partial charge in [0.1, 0.15) is 32.3 Å². The maximum absolute atomic E-state index is 11.9. The first kappa shape index (κ1) is 24.9. The van der Waals surface area contributed by atoms with Crippen LogP contribution in [0.4, 0.5) is 11.8 Å². The fraction of sp³-hybridized carbons (Fsp3) is 0.600. The van der Waals surface area contributed by atoms with Gasteiger partial charge in [-0.2, -0.15) is 4.98 Å². The number of aryl methyl sites for hydroxylation is 1. The van der Waals surface area contributed by atoms with Crippen molar-refractivity contribution in [2.75, 3.05) is 22.6 Å². The minimum absolute atomic E-state index is 0.178. The molecule has 12 heteroatoms. The first-order valence-corrected chi connectivity index (χ1v) is 15.8. The van der Waals surface area contributed by atoms with Gasteiger partial charge in [-0.1, -0.05) is 0 Å². The van der Waals surface area contributed by atoms with Gasteiger partial charge in [-0.25, -0.2) is 18.4 Å². The van der Waals surface area contributed by atoms with Gasteiger partial charge in [0.25, 0.3) is 0 Å². The first-order chi connectivity index (χ1) is 17.7. The van der Waals surface area contributed by atoms with Crippen LogP contribution < -0.4 is 10.6 Å². The number of hydrogen-bond acceptors (Lipinski definition) is 11. The summed E-state index contributed by atoms with van der Waals surface area (Å²) in [6.07, 6.45) is 6.61. The lowest BCUT2D eigenvalue weighted by Crippen LogP contribution is -2.36. The average Bonchev–Trinajstić information content (AvgIpc) is 3.51. The number of pyridine rings is 1. The number of hydrogen-bond donors (Lipinski definition) is 4. The van der Waals surface area contributed by atoms with E-state index in [0.717, 1.165) is 64.1 Å². The second-order valence-corrected chi connectivity index (χ2v) is 14.0. The summed E-state index contributed by atoms with van der Waals surface area (Å²) >= 11 is 1.56. The van der Waals surface area contributed by atoms with Crippen molar-refractivity contribution in [3.8, 4) is 10.6 Å². The van der Waals surface area contributed by atoms with Gasteiger partial charge >= 0.3 is 0 Å². The van der Waals surface area contributed by atoms with Gasteiger partial charge in [-0.05, 0) is 51.5 Å². The molecule has 0 saturated heterocycles. The molecule has 6 rings (SSSR count). The summed E-state index contributed by atoms with van der Waals surface area (Å²) in [5.41, 5.74) is 3.45. The average molecular weight is 545 g/mol. The van der Waals surface area contributed by atoms with E-state index >= 15 is 0 Å². The van der Waals surface area contributed by atoms with Gasteiger partial charge in [0.05, 0.1) is 39.5 Å². The molecule has 4 N–H and O–H groups in total. The van der Waals surface area contributed by atoms with Crippen molar-refractivity contribution in [2.45, 2.75) is 75.7 Å². The van der Waals surface area contributed by atoms with E-state index in [0.29, 0.717) is 30.1 Å². The van der Waals surface area contributed by atoms with Crippen LogP contribution in [0.5, 0.6) is 0 Å². The Balaban J connectivity index is 1.38. The molecule has 37 heavy (non-hydrogen) atoms. The highest BCUT2D eigenvalue weighted by molar-refractivity contribution is 7.90. The number of thiazole rings is 1. The van der Waals surface area contributed by atoms with E-state index in [9.17, 15) is 18.6 Å². The van der Waals surface area contributed by atoms with Crippen molar-refractivity contribution in [1.82, 2.24) is 19.9 Å². The summed E-state index contributed by atoms with van der Waals surface area (Å²) < 4.78 is 24.8. The van der Waals surface area contributed by atoms with E-state index in [1.165, 1.54) is 6.42 Å². The number of aliphatic hydroxyl groups excluding tert-OH is 2. The van der Waals surface area contributed by atoms with Crippen LogP contribution in [0.3, 0.4) is 0 Å². The minimum atomic E-state index is -3.30. The Hall–Kier alpha value is -2.41. The molecule has 10 nitrogen and oxygen atoms in total. The molecule has 0 spiro atoms. The van der Waals surface area contributed by atoms with Crippen molar-refractivity contribution < 1.29 is 18.6 Å². The van der Waals surface area contributed by atoms with Crippen molar-refractivity contribution >= 4 is 43.2 Å². The minimum Gasteiger partial charge on any atom is -0.390 e. The second kappa shape index (κ2) is 9.40. The lowest BCUT2D eigenvalue weighted by Gasteiger charge is -2.27. The van der Waals surface area contributed by atoms with E-state index in [4.69, 9.17) is 15.0 Å². The lowest BCUT2D eigenvalue weighted by molar-refractivity contribution is 0.0216. The molecule has 3 aromatic rings. The van der Waals surface area contributed by atoms with Crippen LogP contribution in [0.1, 0.15) is 55.8 Å². The van der Waals surface area contributed by atoms with Crippen molar-refractivity contribution in [2.24, 2.45) is 5.92 Å². The highest BCUT2D eigenvalue weighted by Gasteiger charge is 2.43. The van der Waals surface area contributed by atoms with Crippen LogP contribution >= 0.6 is 11.3 Å². The number of rotatable bonds is 8. The largest absolute Gasteiger partial charge is 0.390 e. The van der Waals surface area contributed by atoms with E-state index in [2.05, 4.69) is 15.6 Å². The molecular weight excluding hydrogens is 512 g/mol. The van der Waals surface area contributed by atoms with Gasteiger partial charge < -0.3 is 20.8 Å². The van der Waals surface area contributed by atoms with Crippen LogP contribution in [0.2, 0.25) is 0 Å². The maximum Gasteiger partial charge on any atom is 0.225 e. The van der Waals surface area contributed by atoms with Crippen molar-refractivity contribution in [3.05, 3.63) is 23.7 Å². The normalized spacial score (nSPS) is 26.4. The number of anilines is 2. The van der Waals surface area contributed by atoms with Crippen LogP contribution in [0.25, 0.3) is 20.8 Å². The van der Waals surface area contributed by atoms with E-state index in [1.807, 2.05) is 19.2 Å². The Morgan fingerprint density at radius 2 is 1.86 bits per heavy atom. The first-order valence-electron chi connectivity index (χ1n) is 12.9. The van der Waals surface area contributed by atoms with Gasteiger partial charge in [-0.3, -0.25) is 4.98 Å². The summed E-state index contributed by atoms with van der Waals surface area (Å²) in [7, 11) is -3.30. The van der Waals surface area contributed by atoms with Crippen LogP contribution in [0, 0.1) is 12.8 Å². The molecule has 0 unspecified atom stereocenters. The van der Waals surface area contributed by atoms with Crippen molar-refractivity contribution in [1.29, 1.82) is 0 Å². The smallest absolute Gasteiger partial charge is 0.225 e. The standard InChI is InChI=1S/C25H32N6O4S2/c1-12-18(24-30-20-17(36-24)8-9-26-19(20)13-6-7-13)23(31-25(27-12)28-15-4-3-5-15)29-16-10-14(11-37(2,34)35)21(32)22(16)33/h8-9,13-16,21-22,32-33H,3-7,10-11H2,1-2H3,(H2,27,28,29,31)/t14-,16-,21-,22+/m1/s1. The summed E-state index contributed by atoms with van der Waals surface area (Å²) in [5, 5.41) is 28.9. The topological polar surface area (TPSA) is 150 Å². The number of nitrogens with one attached hydrogen (secondary N) is 2. The third-order valence-electron chi connectivity index (χ3n) is 7.68. The van der Waals surface area contributed by atoms with Crippen LogP contribution in [0.15, 0.2) is 12.3 Å². The lowest BCUT2D eigenvalue weighted by atomic mass is 9.93. The molecule has 3 aliphatic carbocycles. The Morgan fingerprint density at radius 3 is 2.54 bits per heavy atom. The molecule has 0 bridgehead atoms. The van der Waals surface area contributed by atoms with Gasteiger partial charge in [0.2, 0.25) is 5.95 Å². The molecular formula is C25H32N6O4S2. The van der Waals surface area contributed by atoms with Gasteiger partial charge in [-0.15, -0.1) is 11.3 Å². The van der Waals surface area contributed by atoms with Crippen LogP contribution in [-0.4, -0.2) is 74.9 Å². The number of aliphatic hydroxyl groups is 2. The fourth-order valence-electron chi connectivity index (χ4n) is 5.37. The molecule has 0 amide bonds. The Morgan fingerprint density at radius 1 is 1.08 bits per heavy atom. The summed E-state index contributed by atoms with van der Waals surface area (Å²) in [4.78, 5) is 19.1. The zero-order valence-corrected chi connectivity index (χ0v) is 22.5. The summed E-state index contributed by atoms with van der Waals surface area (Å²) in [6.45, 7) is 1.92. The van der Waals surface area contributed by atoms with E-state index < -0.39 is 34.0 Å². The molecule has 3 aromatic heterocycles. The molecule has 4 atom stereocenters. The van der Waals surface area contributed by atoms with Crippen LogP contribution in [-0.2, 0) is 9.84 Å². The van der Waals surface area contributed by atoms with E-state index in [1.54, 1.807) is 11.3 Å². The molecule has 3 saturated carbocycles. The molecule has 0 radical (unpaired) electrons. The van der Waals surface area contributed by atoms with Gasteiger partial charge in [0.15, 0.2) is 0 Å². The zero-order valence-electron chi connectivity index (χ0n) is 20.9. The highest BCUT2D eigenvalue weighted by atomic mass is 32.2. The number of nitrogens with zero attached hydrogens (tertiary/aromatic N) is 4. The molecule has 3 heterocycles. The third-order valence-corrected chi connectivity index (χ3v) is 9.75.